The molecule has 3 aromatic rings. The summed E-state index contributed by atoms with van der Waals surface area (Å²) >= 11 is 0. The van der Waals surface area contributed by atoms with Crippen LogP contribution < -0.4 is 19.7 Å². The molecule has 1 N–H and O–H groups in total. The molecule has 0 bridgehead atoms. The van der Waals surface area contributed by atoms with E-state index in [1.807, 2.05) is 36.4 Å². The van der Waals surface area contributed by atoms with Crippen LogP contribution in [0, 0.1) is 0 Å². The summed E-state index contributed by atoms with van der Waals surface area (Å²) < 4.78 is 11.3. The number of aromatic nitrogens is 2. The van der Waals surface area contributed by atoms with Gasteiger partial charge in [-0.1, -0.05) is 24.8 Å². The van der Waals surface area contributed by atoms with Crippen molar-refractivity contribution in [2.45, 2.75) is 6.54 Å². The van der Waals surface area contributed by atoms with Gasteiger partial charge in [0.25, 0.3) is 5.91 Å². The van der Waals surface area contributed by atoms with E-state index < -0.39 is 0 Å². The van der Waals surface area contributed by atoms with E-state index in [0.717, 1.165) is 22.2 Å². The molecule has 0 spiro atoms. The Hall–Kier alpha value is -3.61. The fourth-order valence-electron chi connectivity index (χ4n) is 3.33. The molecule has 0 saturated carbocycles. The van der Waals surface area contributed by atoms with Crippen LogP contribution in [0.4, 0.5) is 11.5 Å². The summed E-state index contributed by atoms with van der Waals surface area (Å²) in [5.74, 6) is 1.88. The molecule has 2 heterocycles. The van der Waals surface area contributed by atoms with Gasteiger partial charge in [0.15, 0.2) is 5.75 Å². The van der Waals surface area contributed by atoms with Gasteiger partial charge < -0.3 is 19.7 Å². The number of nitrogens with zero attached hydrogens (tertiary/aromatic N) is 3. The maximum atomic E-state index is 12.2. The molecule has 7 nitrogen and oxygen atoms in total. The van der Waals surface area contributed by atoms with Gasteiger partial charge in [-0.05, 0) is 24.3 Å². The highest BCUT2D eigenvalue weighted by Gasteiger charge is 2.25. The third-order valence-electron chi connectivity index (χ3n) is 4.67. The number of benzene rings is 2. The highest BCUT2D eigenvalue weighted by molar-refractivity contribution is 6.07. The molecule has 142 valence electrons. The van der Waals surface area contributed by atoms with Crippen LogP contribution >= 0.6 is 0 Å². The van der Waals surface area contributed by atoms with Crippen LogP contribution in [0.25, 0.3) is 10.9 Å². The predicted molar refractivity (Wildman–Crippen MR) is 108 cm³/mol. The summed E-state index contributed by atoms with van der Waals surface area (Å²) in [6.07, 6.45) is 2.82. The van der Waals surface area contributed by atoms with Crippen LogP contribution in [0.3, 0.4) is 0 Å². The van der Waals surface area contributed by atoms with Crippen molar-refractivity contribution in [2.75, 3.05) is 30.5 Å². The summed E-state index contributed by atoms with van der Waals surface area (Å²) in [6, 6.07) is 11.5. The lowest BCUT2D eigenvalue weighted by atomic mass is 10.1. The summed E-state index contributed by atoms with van der Waals surface area (Å²) in [7, 11) is 1.65. The van der Waals surface area contributed by atoms with Gasteiger partial charge >= 0.3 is 0 Å². The first-order valence-electron chi connectivity index (χ1n) is 8.93. The summed E-state index contributed by atoms with van der Waals surface area (Å²) in [5, 5.41) is 4.10. The smallest absolute Gasteiger partial charge is 0.250 e. The van der Waals surface area contributed by atoms with Crippen molar-refractivity contribution in [3.8, 4) is 11.5 Å². The normalized spacial score (nSPS) is 12.8. The number of anilines is 2. The molecule has 7 heteroatoms. The second kappa shape index (κ2) is 7.56. The molecule has 1 aliphatic rings. The molecule has 2 aromatic carbocycles. The minimum atomic E-state index is -0.163. The van der Waals surface area contributed by atoms with E-state index in [-0.39, 0.29) is 5.91 Å². The molecule has 1 aliphatic heterocycles. The standard InChI is InChI=1S/C21H20N4O3/c1-3-18(26)25-10-11-28-20-16(25)9-8-15-19(20)21(24-13-23-15)22-12-14-6-4-5-7-17(14)27-2/h3-9,13H,1,10-12H2,2H3,(H,22,23,24). The highest BCUT2D eigenvalue weighted by atomic mass is 16.5. The number of methoxy groups -OCH3 is 1. The van der Waals surface area contributed by atoms with E-state index in [1.165, 1.54) is 12.4 Å². The average Bonchev–Trinajstić information content (AvgIpc) is 2.76. The molecular formula is C21H20N4O3. The number of carbonyl (C=O) groups excluding carboxylic acids is 1. The van der Waals surface area contributed by atoms with Crippen LogP contribution in [0.1, 0.15) is 5.56 Å². The highest BCUT2D eigenvalue weighted by Crippen LogP contribution is 2.41. The van der Waals surface area contributed by atoms with Crippen molar-refractivity contribution in [1.82, 2.24) is 9.97 Å². The molecule has 0 aliphatic carbocycles. The zero-order chi connectivity index (χ0) is 19.5. The van der Waals surface area contributed by atoms with E-state index in [9.17, 15) is 4.79 Å². The Morgan fingerprint density at radius 1 is 1.32 bits per heavy atom. The number of rotatable bonds is 5. The van der Waals surface area contributed by atoms with Gasteiger partial charge in [-0.15, -0.1) is 0 Å². The number of ether oxygens (including phenoxy) is 2. The third kappa shape index (κ3) is 3.11. The Bertz CT molecular complexity index is 1050. The molecular weight excluding hydrogens is 356 g/mol. The fourth-order valence-corrected chi connectivity index (χ4v) is 3.33. The van der Waals surface area contributed by atoms with Crippen molar-refractivity contribution in [1.29, 1.82) is 0 Å². The minimum Gasteiger partial charge on any atom is -0.496 e. The second-order valence-corrected chi connectivity index (χ2v) is 6.24. The quantitative estimate of drug-likeness (QED) is 0.690. The maximum absolute atomic E-state index is 12.2. The first kappa shape index (κ1) is 17.8. The number of para-hydroxylation sites is 1. The SMILES string of the molecule is C=CC(=O)N1CCOc2c1ccc1ncnc(NCc3ccccc3OC)c21. The first-order chi connectivity index (χ1) is 13.7. The molecule has 0 fully saturated rings. The van der Waals surface area contributed by atoms with Gasteiger partial charge in [-0.25, -0.2) is 9.97 Å². The monoisotopic (exact) mass is 376 g/mol. The number of fused-ring (bicyclic) bond motifs is 3. The summed E-state index contributed by atoms with van der Waals surface area (Å²) in [5.41, 5.74) is 2.44. The largest absolute Gasteiger partial charge is 0.496 e. The van der Waals surface area contributed by atoms with Crippen LogP contribution in [0.15, 0.2) is 55.4 Å². The lowest BCUT2D eigenvalue weighted by Gasteiger charge is -2.29. The van der Waals surface area contributed by atoms with Crippen molar-refractivity contribution >= 4 is 28.3 Å². The fraction of sp³-hybridized carbons (Fsp3) is 0.190. The number of hydrogen-bond acceptors (Lipinski definition) is 6. The summed E-state index contributed by atoms with van der Waals surface area (Å²) in [4.78, 5) is 22.6. The van der Waals surface area contributed by atoms with Gasteiger partial charge in [0, 0.05) is 12.1 Å². The molecule has 0 atom stereocenters. The van der Waals surface area contributed by atoms with Gasteiger partial charge in [-0.2, -0.15) is 0 Å². The lowest BCUT2D eigenvalue weighted by molar-refractivity contribution is -0.114. The maximum Gasteiger partial charge on any atom is 0.250 e. The summed E-state index contributed by atoms with van der Waals surface area (Å²) in [6.45, 7) is 4.98. The predicted octanol–water partition coefficient (Wildman–Crippen LogP) is 3.16. The zero-order valence-corrected chi connectivity index (χ0v) is 15.5. The van der Waals surface area contributed by atoms with E-state index >= 15 is 0 Å². The second-order valence-electron chi connectivity index (χ2n) is 6.24. The van der Waals surface area contributed by atoms with Crippen molar-refractivity contribution in [2.24, 2.45) is 0 Å². The number of carbonyl (C=O) groups is 1. The Morgan fingerprint density at radius 3 is 3.00 bits per heavy atom. The van der Waals surface area contributed by atoms with Gasteiger partial charge in [-0.3, -0.25) is 4.79 Å². The Labute approximate surface area is 162 Å². The van der Waals surface area contributed by atoms with Crippen molar-refractivity contribution in [3.05, 3.63) is 60.9 Å². The van der Waals surface area contributed by atoms with Gasteiger partial charge in [0.05, 0.1) is 30.2 Å². The number of amides is 1. The Balaban J connectivity index is 1.75. The van der Waals surface area contributed by atoms with Crippen LogP contribution in [0.5, 0.6) is 11.5 Å². The molecule has 1 aromatic heterocycles. The molecule has 4 rings (SSSR count). The molecule has 1 amide bonds. The average molecular weight is 376 g/mol. The topological polar surface area (TPSA) is 76.6 Å². The van der Waals surface area contributed by atoms with Crippen molar-refractivity contribution < 1.29 is 14.3 Å². The van der Waals surface area contributed by atoms with Gasteiger partial charge in [0.2, 0.25) is 0 Å². The molecule has 0 saturated heterocycles. The first-order valence-corrected chi connectivity index (χ1v) is 8.93. The van der Waals surface area contributed by atoms with E-state index in [1.54, 1.807) is 12.0 Å². The molecule has 0 radical (unpaired) electrons. The molecule has 28 heavy (non-hydrogen) atoms. The van der Waals surface area contributed by atoms with Crippen LogP contribution in [-0.4, -0.2) is 36.1 Å². The zero-order valence-electron chi connectivity index (χ0n) is 15.5. The Kier molecular flexibility index (Phi) is 4.80. The number of hydrogen-bond donors (Lipinski definition) is 1. The Morgan fingerprint density at radius 2 is 2.18 bits per heavy atom. The lowest BCUT2D eigenvalue weighted by Crippen LogP contribution is -2.36. The van der Waals surface area contributed by atoms with Crippen LogP contribution in [-0.2, 0) is 11.3 Å². The number of nitrogens with one attached hydrogen (secondary N) is 1. The van der Waals surface area contributed by atoms with E-state index in [2.05, 4.69) is 21.9 Å². The third-order valence-corrected chi connectivity index (χ3v) is 4.67. The molecule has 0 unspecified atom stereocenters. The van der Waals surface area contributed by atoms with E-state index in [0.29, 0.717) is 37.0 Å². The van der Waals surface area contributed by atoms with Gasteiger partial charge in [0.1, 0.15) is 24.5 Å². The van der Waals surface area contributed by atoms with Crippen LogP contribution in [0.2, 0.25) is 0 Å². The van der Waals surface area contributed by atoms with Crippen molar-refractivity contribution in [3.63, 3.8) is 0 Å². The van der Waals surface area contributed by atoms with E-state index in [4.69, 9.17) is 9.47 Å². The minimum absolute atomic E-state index is 0.163.